The van der Waals surface area contributed by atoms with Crippen molar-refractivity contribution in [2.24, 2.45) is 5.92 Å². The molecule has 2 fully saturated rings. The van der Waals surface area contributed by atoms with Crippen LogP contribution in [-0.2, 0) is 11.3 Å². The van der Waals surface area contributed by atoms with Gasteiger partial charge >= 0.3 is 0 Å². The molecule has 1 amide bonds. The molecule has 0 bridgehead atoms. The summed E-state index contributed by atoms with van der Waals surface area (Å²) in [5, 5.41) is 3.31. The lowest BCUT2D eigenvalue weighted by Gasteiger charge is -2.33. The number of rotatable bonds is 5. The van der Waals surface area contributed by atoms with Gasteiger partial charge in [0.1, 0.15) is 5.75 Å². The topological polar surface area (TPSA) is 41.6 Å². The maximum atomic E-state index is 12.4. The van der Waals surface area contributed by atoms with Crippen LogP contribution in [0.2, 0.25) is 0 Å². The molecule has 138 valence electrons. The van der Waals surface area contributed by atoms with E-state index in [2.05, 4.69) is 35.3 Å². The summed E-state index contributed by atoms with van der Waals surface area (Å²) in [6.45, 7) is 5.13. The average Bonchev–Trinajstić information content (AvgIpc) is 2.65. The predicted octanol–water partition coefficient (Wildman–Crippen LogP) is 3.66. The zero-order valence-corrected chi connectivity index (χ0v) is 15.7. The van der Waals surface area contributed by atoms with Gasteiger partial charge in [0.15, 0.2) is 0 Å². The first-order valence-electron chi connectivity index (χ1n) is 9.82. The monoisotopic (exact) mass is 344 g/mol. The van der Waals surface area contributed by atoms with Crippen LogP contribution in [0, 0.1) is 12.8 Å². The number of hydrogen-bond acceptors (Lipinski definition) is 3. The number of hydrogen-bond donors (Lipinski definition) is 1. The van der Waals surface area contributed by atoms with Gasteiger partial charge < -0.3 is 10.1 Å². The molecule has 1 heterocycles. The van der Waals surface area contributed by atoms with Crippen LogP contribution < -0.4 is 10.1 Å². The van der Waals surface area contributed by atoms with Crippen LogP contribution in [0.15, 0.2) is 18.2 Å². The highest BCUT2D eigenvalue weighted by Gasteiger charge is 2.25. The second kappa shape index (κ2) is 8.70. The van der Waals surface area contributed by atoms with E-state index in [-0.39, 0.29) is 5.92 Å². The van der Waals surface area contributed by atoms with Crippen molar-refractivity contribution >= 4 is 5.91 Å². The van der Waals surface area contributed by atoms with Crippen molar-refractivity contribution in [3.63, 3.8) is 0 Å². The fourth-order valence-corrected chi connectivity index (χ4v) is 4.14. The summed E-state index contributed by atoms with van der Waals surface area (Å²) in [5.74, 6) is 1.54. The van der Waals surface area contributed by atoms with Gasteiger partial charge in [0.2, 0.25) is 5.91 Å². The third kappa shape index (κ3) is 4.97. The van der Waals surface area contributed by atoms with E-state index in [4.69, 9.17) is 4.74 Å². The van der Waals surface area contributed by atoms with Crippen molar-refractivity contribution < 1.29 is 9.53 Å². The summed E-state index contributed by atoms with van der Waals surface area (Å²) in [4.78, 5) is 14.9. The van der Waals surface area contributed by atoms with E-state index in [1.807, 2.05) is 0 Å². The number of benzene rings is 1. The Balaban J connectivity index is 1.44. The van der Waals surface area contributed by atoms with Gasteiger partial charge in [0.25, 0.3) is 0 Å². The van der Waals surface area contributed by atoms with E-state index in [1.54, 1.807) is 7.11 Å². The van der Waals surface area contributed by atoms with Crippen LogP contribution in [0.25, 0.3) is 0 Å². The van der Waals surface area contributed by atoms with E-state index in [9.17, 15) is 4.79 Å². The molecule has 0 spiro atoms. The Morgan fingerprint density at radius 3 is 2.56 bits per heavy atom. The quantitative estimate of drug-likeness (QED) is 0.886. The molecule has 1 aromatic carbocycles. The Hall–Kier alpha value is -1.55. The van der Waals surface area contributed by atoms with Crippen LogP contribution in [-0.4, -0.2) is 37.0 Å². The van der Waals surface area contributed by atoms with Gasteiger partial charge in [-0.25, -0.2) is 0 Å². The van der Waals surface area contributed by atoms with Gasteiger partial charge in [-0.1, -0.05) is 31.4 Å². The van der Waals surface area contributed by atoms with Crippen molar-refractivity contribution in [3.05, 3.63) is 29.3 Å². The van der Waals surface area contributed by atoms with Gasteiger partial charge in [-0.2, -0.15) is 0 Å². The van der Waals surface area contributed by atoms with Gasteiger partial charge in [0.05, 0.1) is 7.11 Å². The Kier molecular flexibility index (Phi) is 6.35. The third-order valence-electron chi connectivity index (χ3n) is 5.79. The number of carbonyl (C=O) groups is 1. The number of aryl methyl sites for hydroxylation is 1. The molecule has 4 heteroatoms. The summed E-state index contributed by atoms with van der Waals surface area (Å²) in [6.07, 6.45) is 8.02. The SMILES string of the molecule is COc1cc(CN2CCC(NC(=O)C3CCCCC3)CC2)ccc1C. The molecule has 0 unspecified atom stereocenters. The Morgan fingerprint density at radius 2 is 1.88 bits per heavy atom. The Morgan fingerprint density at radius 1 is 1.16 bits per heavy atom. The van der Waals surface area contributed by atoms with E-state index >= 15 is 0 Å². The maximum Gasteiger partial charge on any atom is 0.223 e. The lowest BCUT2D eigenvalue weighted by molar-refractivity contribution is -0.127. The molecule has 1 saturated carbocycles. The number of piperidine rings is 1. The van der Waals surface area contributed by atoms with Crippen LogP contribution in [0.1, 0.15) is 56.1 Å². The summed E-state index contributed by atoms with van der Waals surface area (Å²) < 4.78 is 5.43. The first-order valence-corrected chi connectivity index (χ1v) is 9.82. The van der Waals surface area contributed by atoms with E-state index in [1.165, 1.54) is 30.4 Å². The zero-order chi connectivity index (χ0) is 17.6. The number of amides is 1. The van der Waals surface area contributed by atoms with E-state index < -0.39 is 0 Å². The molecule has 0 radical (unpaired) electrons. The highest BCUT2D eigenvalue weighted by molar-refractivity contribution is 5.79. The van der Waals surface area contributed by atoms with Crippen LogP contribution in [0.4, 0.5) is 0 Å². The minimum absolute atomic E-state index is 0.270. The van der Waals surface area contributed by atoms with Crippen LogP contribution in [0.5, 0.6) is 5.75 Å². The molecule has 1 N–H and O–H groups in total. The summed E-state index contributed by atoms with van der Waals surface area (Å²) >= 11 is 0. The van der Waals surface area contributed by atoms with Gasteiger partial charge in [-0.15, -0.1) is 0 Å². The number of carbonyl (C=O) groups excluding carboxylic acids is 1. The molecular weight excluding hydrogens is 312 g/mol. The lowest BCUT2D eigenvalue weighted by atomic mass is 9.88. The van der Waals surface area contributed by atoms with Gasteiger partial charge in [-0.3, -0.25) is 9.69 Å². The minimum Gasteiger partial charge on any atom is -0.496 e. The number of methoxy groups -OCH3 is 1. The van der Waals surface area contributed by atoms with Crippen LogP contribution in [0.3, 0.4) is 0 Å². The van der Waals surface area contributed by atoms with Crippen molar-refractivity contribution in [3.8, 4) is 5.75 Å². The van der Waals surface area contributed by atoms with Crippen LogP contribution >= 0.6 is 0 Å². The first kappa shape index (κ1) is 18.2. The Bertz CT molecular complexity index is 573. The van der Waals surface area contributed by atoms with E-state index in [0.29, 0.717) is 11.9 Å². The van der Waals surface area contributed by atoms with Crippen molar-refractivity contribution in [1.82, 2.24) is 10.2 Å². The smallest absolute Gasteiger partial charge is 0.223 e. The highest BCUT2D eigenvalue weighted by Crippen LogP contribution is 2.25. The second-order valence-electron chi connectivity index (χ2n) is 7.70. The lowest BCUT2D eigenvalue weighted by Crippen LogP contribution is -2.46. The fraction of sp³-hybridized carbons (Fsp3) is 0.667. The molecule has 1 aliphatic heterocycles. The molecule has 1 saturated heterocycles. The number of nitrogens with zero attached hydrogens (tertiary/aromatic N) is 1. The number of likely N-dealkylation sites (tertiary alicyclic amines) is 1. The number of nitrogens with one attached hydrogen (secondary N) is 1. The first-order chi connectivity index (χ1) is 12.2. The molecule has 25 heavy (non-hydrogen) atoms. The molecule has 1 aliphatic carbocycles. The largest absolute Gasteiger partial charge is 0.496 e. The third-order valence-corrected chi connectivity index (χ3v) is 5.79. The van der Waals surface area contributed by atoms with Gasteiger partial charge in [0, 0.05) is 31.6 Å². The fourth-order valence-electron chi connectivity index (χ4n) is 4.14. The summed E-state index contributed by atoms with van der Waals surface area (Å²) in [6, 6.07) is 6.82. The highest BCUT2D eigenvalue weighted by atomic mass is 16.5. The van der Waals surface area contributed by atoms with E-state index in [0.717, 1.165) is 51.1 Å². The predicted molar refractivity (Wildman–Crippen MR) is 101 cm³/mol. The zero-order valence-electron chi connectivity index (χ0n) is 15.7. The number of ether oxygens (including phenoxy) is 1. The molecule has 1 aromatic rings. The summed E-state index contributed by atoms with van der Waals surface area (Å²) in [7, 11) is 1.73. The molecule has 3 rings (SSSR count). The van der Waals surface area contributed by atoms with Crippen molar-refractivity contribution in [2.75, 3.05) is 20.2 Å². The maximum absolute atomic E-state index is 12.4. The standard InChI is InChI=1S/C21H32N2O2/c1-16-8-9-17(14-20(16)25-2)15-23-12-10-19(11-13-23)22-21(24)18-6-4-3-5-7-18/h8-9,14,18-19H,3-7,10-13,15H2,1-2H3,(H,22,24). The molecular formula is C21H32N2O2. The van der Waals surface area contributed by atoms with Crippen molar-refractivity contribution in [1.29, 1.82) is 0 Å². The molecule has 0 aromatic heterocycles. The molecule has 4 nitrogen and oxygen atoms in total. The average molecular weight is 344 g/mol. The van der Waals surface area contributed by atoms with Gasteiger partial charge in [-0.05, 0) is 49.8 Å². The Labute approximate surface area is 151 Å². The van der Waals surface area contributed by atoms with Crippen molar-refractivity contribution in [2.45, 2.75) is 64.5 Å². The second-order valence-corrected chi connectivity index (χ2v) is 7.70. The minimum atomic E-state index is 0.270. The normalized spacial score (nSPS) is 20.4. The molecule has 2 aliphatic rings. The molecule has 0 atom stereocenters. The summed E-state index contributed by atoms with van der Waals surface area (Å²) in [5.41, 5.74) is 2.47.